The van der Waals surface area contributed by atoms with E-state index in [0.717, 1.165) is 71.3 Å². The van der Waals surface area contributed by atoms with Crippen molar-refractivity contribution in [3.8, 4) is 0 Å². The van der Waals surface area contributed by atoms with Gasteiger partial charge in [-0.2, -0.15) is 0 Å². The summed E-state index contributed by atoms with van der Waals surface area (Å²) in [7, 11) is 1.82. The molecule has 0 aromatic carbocycles. The largest absolute Gasteiger partial charge is 0.379 e. The Morgan fingerprint density at radius 1 is 1.15 bits per heavy atom. The fourth-order valence-corrected chi connectivity index (χ4v) is 3.56. The van der Waals surface area contributed by atoms with E-state index in [1.165, 1.54) is 0 Å². The van der Waals surface area contributed by atoms with Gasteiger partial charge in [-0.3, -0.25) is 14.7 Å². The van der Waals surface area contributed by atoms with E-state index >= 15 is 0 Å². The van der Waals surface area contributed by atoms with Crippen molar-refractivity contribution < 1.29 is 9.53 Å². The summed E-state index contributed by atoms with van der Waals surface area (Å²) < 4.78 is 5.41. The van der Waals surface area contributed by atoms with Gasteiger partial charge in [-0.1, -0.05) is 20.8 Å². The third-order valence-electron chi connectivity index (χ3n) is 5.16. The number of rotatable bonds is 6. The molecule has 0 bridgehead atoms. The summed E-state index contributed by atoms with van der Waals surface area (Å²) in [4.78, 5) is 20.9. The SMILES string of the molecule is CN=C(NCC(C)CN1CCOCC1)NC1CCN(C(=O)C(C)C)CC1. The number of nitrogens with zero attached hydrogens (tertiary/aromatic N) is 3. The van der Waals surface area contributed by atoms with Crippen LogP contribution in [0.2, 0.25) is 0 Å². The maximum absolute atomic E-state index is 12.1. The van der Waals surface area contributed by atoms with Crippen molar-refractivity contribution in [3.63, 3.8) is 0 Å². The van der Waals surface area contributed by atoms with Gasteiger partial charge >= 0.3 is 0 Å². The second-order valence-corrected chi connectivity index (χ2v) is 7.87. The minimum absolute atomic E-state index is 0.0851. The Bertz CT molecular complexity index is 455. The van der Waals surface area contributed by atoms with Crippen LogP contribution in [0.5, 0.6) is 0 Å². The fourth-order valence-electron chi connectivity index (χ4n) is 3.56. The number of hydrogen-bond donors (Lipinski definition) is 2. The maximum Gasteiger partial charge on any atom is 0.225 e. The highest BCUT2D eigenvalue weighted by molar-refractivity contribution is 5.80. The van der Waals surface area contributed by atoms with Crippen LogP contribution >= 0.6 is 0 Å². The van der Waals surface area contributed by atoms with E-state index in [9.17, 15) is 4.79 Å². The van der Waals surface area contributed by atoms with Gasteiger partial charge in [-0.25, -0.2) is 0 Å². The number of amides is 1. The lowest BCUT2D eigenvalue weighted by Crippen LogP contribution is -2.51. The lowest BCUT2D eigenvalue weighted by molar-refractivity contribution is -0.135. The van der Waals surface area contributed by atoms with Crippen LogP contribution in [-0.4, -0.2) is 87.2 Å². The van der Waals surface area contributed by atoms with Crippen LogP contribution in [-0.2, 0) is 9.53 Å². The first kappa shape index (κ1) is 21.0. The summed E-state index contributed by atoms with van der Waals surface area (Å²) in [6.07, 6.45) is 1.95. The van der Waals surface area contributed by atoms with Crippen LogP contribution in [0.1, 0.15) is 33.6 Å². The molecule has 1 unspecified atom stereocenters. The summed E-state index contributed by atoms with van der Waals surface area (Å²) in [5.74, 6) is 1.77. The zero-order chi connectivity index (χ0) is 18.9. The Labute approximate surface area is 158 Å². The molecule has 0 aromatic heterocycles. The molecule has 1 amide bonds. The average Bonchev–Trinajstić information content (AvgIpc) is 2.65. The highest BCUT2D eigenvalue weighted by Gasteiger charge is 2.24. The van der Waals surface area contributed by atoms with E-state index < -0.39 is 0 Å². The summed E-state index contributed by atoms with van der Waals surface area (Å²) in [6, 6.07) is 0.381. The molecule has 0 radical (unpaired) electrons. The number of likely N-dealkylation sites (tertiary alicyclic amines) is 1. The van der Waals surface area contributed by atoms with Crippen molar-refractivity contribution in [2.45, 2.75) is 39.7 Å². The minimum atomic E-state index is 0.0851. The number of morpholine rings is 1. The molecule has 2 aliphatic rings. The third kappa shape index (κ3) is 6.76. The van der Waals surface area contributed by atoms with Gasteiger partial charge in [0.15, 0.2) is 5.96 Å². The van der Waals surface area contributed by atoms with Gasteiger partial charge in [0, 0.05) is 58.3 Å². The maximum atomic E-state index is 12.1. The molecule has 7 heteroatoms. The molecule has 2 saturated heterocycles. The third-order valence-corrected chi connectivity index (χ3v) is 5.16. The first-order valence-electron chi connectivity index (χ1n) is 10.1. The number of piperidine rings is 1. The Balaban J connectivity index is 1.67. The van der Waals surface area contributed by atoms with Crippen molar-refractivity contribution in [2.24, 2.45) is 16.8 Å². The molecule has 150 valence electrons. The zero-order valence-electron chi connectivity index (χ0n) is 17.0. The van der Waals surface area contributed by atoms with Gasteiger partial charge in [0.1, 0.15) is 0 Å². The lowest BCUT2D eigenvalue weighted by Gasteiger charge is -2.34. The summed E-state index contributed by atoms with van der Waals surface area (Å²) >= 11 is 0. The second kappa shape index (κ2) is 10.7. The Hall–Kier alpha value is -1.34. The van der Waals surface area contributed by atoms with E-state index in [0.29, 0.717) is 12.0 Å². The lowest BCUT2D eigenvalue weighted by atomic mass is 10.0. The smallest absolute Gasteiger partial charge is 0.225 e. The molecule has 1 atom stereocenters. The van der Waals surface area contributed by atoms with Gasteiger partial charge in [0.05, 0.1) is 13.2 Å². The molecule has 7 nitrogen and oxygen atoms in total. The summed E-state index contributed by atoms with van der Waals surface area (Å²) in [5.41, 5.74) is 0. The molecule has 2 fully saturated rings. The number of aliphatic imine (C=N–C) groups is 1. The van der Waals surface area contributed by atoms with E-state index in [-0.39, 0.29) is 11.8 Å². The van der Waals surface area contributed by atoms with Crippen LogP contribution in [0.3, 0.4) is 0 Å². The van der Waals surface area contributed by atoms with Crippen LogP contribution in [0.4, 0.5) is 0 Å². The minimum Gasteiger partial charge on any atom is -0.379 e. The zero-order valence-corrected chi connectivity index (χ0v) is 17.0. The van der Waals surface area contributed by atoms with Gasteiger partial charge < -0.3 is 20.3 Å². The number of hydrogen-bond acceptors (Lipinski definition) is 4. The molecule has 2 heterocycles. The molecule has 0 aromatic rings. The molecule has 0 spiro atoms. The second-order valence-electron chi connectivity index (χ2n) is 7.87. The van der Waals surface area contributed by atoms with Crippen molar-refractivity contribution in [2.75, 3.05) is 59.5 Å². The quantitative estimate of drug-likeness (QED) is 0.536. The molecule has 0 aliphatic carbocycles. The molecule has 26 heavy (non-hydrogen) atoms. The fraction of sp³-hybridized carbons (Fsp3) is 0.895. The van der Waals surface area contributed by atoms with Crippen LogP contribution < -0.4 is 10.6 Å². The monoisotopic (exact) mass is 367 g/mol. The van der Waals surface area contributed by atoms with Crippen molar-refractivity contribution in [1.29, 1.82) is 0 Å². The number of ether oxygens (including phenoxy) is 1. The summed E-state index contributed by atoms with van der Waals surface area (Å²) in [6.45, 7) is 13.6. The van der Waals surface area contributed by atoms with Gasteiger partial charge in [0.2, 0.25) is 5.91 Å². The normalized spacial score (nSPS) is 21.7. The highest BCUT2D eigenvalue weighted by atomic mass is 16.5. The predicted molar refractivity (Wildman–Crippen MR) is 105 cm³/mol. The topological polar surface area (TPSA) is 69.2 Å². The van der Waals surface area contributed by atoms with Crippen LogP contribution in [0.15, 0.2) is 4.99 Å². The van der Waals surface area contributed by atoms with Crippen molar-refractivity contribution in [1.82, 2.24) is 20.4 Å². The van der Waals surface area contributed by atoms with E-state index in [1.54, 1.807) is 0 Å². The number of nitrogens with one attached hydrogen (secondary N) is 2. The molecule has 2 rings (SSSR count). The Morgan fingerprint density at radius 3 is 2.38 bits per heavy atom. The van der Waals surface area contributed by atoms with E-state index in [1.807, 2.05) is 25.8 Å². The first-order chi connectivity index (χ1) is 12.5. The molecular weight excluding hydrogens is 330 g/mol. The van der Waals surface area contributed by atoms with Gasteiger partial charge in [-0.05, 0) is 18.8 Å². The molecule has 0 saturated carbocycles. The highest BCUT2D eigenvalue weighted by Crippen LogP contribution is 2.13. The standard InChI is InChI=1S/C19H37N5O2/c1-15(2)18(25)24-7-5-17(6-8-24)22-19(20-4)21-13-16(3)14-23-9-11-26-12-10-23/h15-17H,5-14H2,1-4H3,(H2,20,21,22). The van der Waals surface area contributed by atoms with E-state index in [4.69, 9.17) is 4.74 Å². The number of guanidine groups is 1. The van der Waals surface area contributed by atoms with Crippen LogP contribution in [0, 0.1) is 11.8 Å². The first-order valence-corrected chi connectivity index (χ1v) is 10.1. The van der Waals surface area contributed by atoms with Crippen molar-refractivity contribution >= 4 is 11.9 Å². The molecular formula is C19H37N5O2. The van der Waals surface area contributed by atoms with Gasteiger partial charge in [-0.15, -0.1) is 0 Å². The molecule has 2 N–H and O–H groups in total. The van der Waals surface area contributed by atoms with Crippen LogP contribution in [0.25, 0.3) is 0 Å². The Morgan fingerprint density at radius 2 is 1.81 bits per heavy atom. The molecule has 2 aliphatic heterocycles. The predicted octanol–water partition coefficient (Wildman–Crippen LogP) is 0.767. The summed E-state index contributed by atoms with van der Waals surface area (Å²) in [5, 5.41) is 6.98. The van der Waals surface area contributed by atoms with E-state index in [2.05, 4.69) is 27.4 Å². The van der Waals surface area contributed by atoms with Gasteiger partial charge in [0.25, 0.3) is 0 Å². The average molecular weight is 368 g/mol. The number of carbonyl (C=O) groups excluding carboxylic acids is 1. The number of carbonyl (C=O) groups is 1. The Kier molecular flexibility index (Phi) is 8.65. The van der Waals surface area contributed by atoms with Crippen molar-refractivity contribution in [3.05, 3.63) is 0 Å².